The lowest BCUT2D eigenvalue weighted by Gasteiger charge is -2.29. The first-order valence-corrected chi connectivity index (χ1v) is 8.45. The van der Waals surface area contributed by atoms with Gasteiger partial charge < -0.3 is 10.2 Å². The van der Waals surface area contributed by atoms with Gasteiger partial charge in [0.15, 0.2) is 0 Å². The molecule has 1 rings (SSSR count). The van der Waals surface area contributed by atoms with Gasteiger partial charge in [0, 0.05) is 0 Å². The molecule has 0 saturated carbocycles. The molecule has 0 spiro atoms. The van der Waals surface area contributed by atoms with Crippen LogP contribution in [0.2, 0.25) is 0 Å². The van der Waals surface area contributed by atoms with Crippen LogP contribution in [0.4, 0.5) is 0 Å². The summed E-state index contributed by atoms with van der Waals surface area (Å²) in [5.74, 6) is 0. The summed E-state index contributed by atoms with van der Waals surface area (Å²) in [5, 5.41) is 18.7. The van der Waals surface area contributed by atoms with Crippen LogP contribution in [0.5, 0.6) is 0 Å². The molecule has 0 radical (unpaired) electrons. The van der Waals surface area contributed by atoms with Crippen LogP contribution in [-0.2, 0) is 15.4 Å². The Labute approximate surface area is 127 Å². The summed E-state index contributed by atoms with van der Waals surface area (Å²) < 4.78 is 27.1. The van der Waals surface area contributed by atoms with E-state index in [9.17, 15) is 18.6 Å². The molecule has 0 fully saturated rings. The van der Waals surface area contributed by atoms with E-state index in [4.69, 9.17) is 0 Å². The van der Waals surface area contributed by atoms with Crippen LogP contribution in [0.1, 0.15) is 39.7 Å². The maximum atomic E-state index is 12.4. The van der Waals surface area contributed by atoms with Crippen LogP contribution >= 0.6 is 0 Å². The average Bonchev–Trinajstić information content (AvgIpc) is 2.44. The lowest BCUT2D eigenvalue weighted by molar-refractivity contribution is 0.105. The van der Waals surface area contributed by atoms with Gasteiger partial charge in [-0.3, -0.25) is 0 Å². The summed E-state index contributed by atoms with van der Waals surface area (Å²) in [5.41, 5.74) is -0.256. The van der Waals surface area contributed by atoms with E-state index >= 15 is 0 Å². The molecule has 0 aliphatic rings. The van der Waals surface area contributed by atoms with E-state index in [1.165, 1.54) is 12.1 Å². The largest absolute Gasteiger partial charge is 0.394 e. The zero-order valence-electron chi connectivity index (χ0n) is 13.0. The van der Waals surface area contributed by atoms with E-state index in [-0.39, 0.29) is 10.3 Å². The van der Waals surface area contributed by atoms with Gasteiger partial charge in [0.1, 0.15) is 0 Å². The maximum absolute atomic E-state index is 12.4. The fourth-order valence-electron chi connectivity index (χ4n) is 1.89. The van der Waals surface area contributed by atoms with E-state index in [0.717, 1.165) is 5.56 Å². The molecule has 21 heavy (non-hydrogen) atoms. The molecule has 0 amide bonds. The van der Waals surface area contributed by atoms with Crippen molar-refractivity contribution < 1.29 is 18.6 Å². The van der Waals surface area contributed by atoms with Crippen molar-refractivity contribution in [3.8, 4) is 0 Å². The van der Waals surface area contributed by atoms with Crippen LogP contribution in [-0.4, -0.2) is 37.4 Å². The molecule has 120 valence electrons. The van der Waals surface area contributed by atoms with E-state index in [0.29, 0.717) is 6.42 Å². The highest BCUT2D eigenvalue weighted by Crippen LogP contribution is 2.24. The molecule has 6 heteroatoms. The predicted octanol–water partition coefficient (Wildman–Crippen LogP) is 1.40. The van der Waals surface area contributed by atoms with Crippen LogP contribution in [0.25, 0.3) is 0 Å². The standard InChI is InChI=1S/C15H25NO4S/c1-5-15(10-17,11-18)16-21(19,20)13-8-6-12(7-9-13)14(2,3)4/h6-9,16-18H,5,10-11H2,1-4H3. The molecular weight excluding hydrogens is 290 g/mol. The molecule has 0 bridgehead atoms. The quantitative estimate of drug-likeness (QED) is 0.740. The minimum absolute atomic E-state index is 0.0565. The molecule has 0 aliphatic carbocycles. The molecule has 1 aromatic carbocycles. The Kier molecular flexibility index (Phi) is 5.55. The third-order valence-electron chi connectivity index (χ3n) is 3.66. The third kappa shape index (κ3) is 4.26. The number of sulfonamides is 1. The van der Waals surface area contributed by atoms with Crippen LogP contribution in [0, 0.1) is 0 Å². The smallest absolute Gasteiger partial charge is 0.241 e. The summed E-state index contributed by atoms with van der Waals surface area (Å²) in [6, 6.07) is 6.64. The van der Waals surface area contributed by atoms with Gasteiger partial charge >= 0.3 is 0 Å². The summed E-state index contributed by atoms with van der Waals surface area (Å²) >= 11 is 0. The first-order chi connectivity index (χ1) is 9.60. The first-order valence-electron chi connectivity index (χ1n) is 6.96. The summed E-state index contributed by atoms with van der Waals surface area (Å²) in [7, 11) is -3.79. The van der Waals surface area contributed by atoms with Gasteiger partial charge in [0.05, 0.1) is 23.6 Å². The molecule has 0 aromatic heterocycles. The van der Waals surface area contributed by atoms with Gasteiger partial charge in [-0.1, -0.05) is 39.8 Å². The van der Waals surface area contributed by atoms with E-state index in [2.05, 4.69) is 4.72 Å². The van der Waals surface area contributed by atoms with Gasteiger partial charge in [-0.2, -0.15) is 0 Å². The lowest BCUT2D eigenvalue weighted by atomic mass is 9.87. The van der Waals surface area contributed by atoms with Crippen molar-refractivity contribution in [3.63, 3.8) is 0 Å². The van der Waals surface area contributed by atoms with Gasteiger partial charge in [-0.15, -0.1) is 0 Å². The van der Waals surface area contributed by atoms with Crippen LogP contribution in [0.3, 0.4) is 0 Å². The number of hydrogen-bond acceptors (Lipinski definition) is 4. The second-order valence-electron chi connectivity index (χ2n) is 6.33. The normalized spacial score (nSPS) is 13.4. The minimum Gasteiger partial charge on any atom is -0.394 e. The molecule has 0 unspecified atom stereocenters. The monoisotopic (exact) mass is 315 g/mol. The molecule has 0 atom stereocenters. The Morgan fingerprint density at radius 1 is 1.05 bits per heavy atom. The van der Waals surface area contributed by atoms with Crippen molar-refractivity contribution >= 4 is 10.0 Å². The molecule has 0 aliphatic heterocycles. The fourth-order valence-corrected chi connectivity index (χ4v) is 3.34. The number of hydrogen-bond donors (Lipinski definition) is 3. The van der Waals surface area contributed by atoms with Crippen LogP contribution in [0.15, 0.2) is 29.2 Å². The number of aliphatic hydroxyl groups is 2. The number of benzene rings is 1. The molecule has 0 saturated heterocycles. The SMILES string of the molecule is CCC(CO)(CO)NS(=O)(=O)c1ccc(C(C)(C)C)cc1. The van der Waals surface area contributed by atoms with E-state index in [1.807, 2.05) is 20.8 Å². The highest BCUT2D eigenvalue weighted by molar-refractivity contribution is 7.89. The van der Waals surface area contributed by atoms with Crippen molar-refractivity contribution in [2.75, 3.05) is 13.2 Å². The Bertz CT molecular complexity index is 546. The lowest BCUT2D eigenvalue weighted by Crippen LogP contribution is -2.53. The Balaban J connectivity index is 3.09. The summed E-state index contributed by atoms with van der Waals surface area (Å²) in [6.07, 6.45) is 0.291. The average molecular weight is 315 g/mol. The van der Waals surface area contributed by atoms with Crippen molar-refractivity contribution in [2.24, 2.45) is 0 Å². The van der Waals surface area contributed by atoms with Gasteiger partial charge in [-0.25, -0.2) is 13.1 Å². The molecular formula is C15H25NO4S. The number of aliphatic hydroxyl groups excluding tert-OH is 2. The second-order valence-corrected chi connectivity index (χ2v) is 8.01. The van der Waals surface area contributed by atoms with Crippen molar-refractivity contribution in [3.05, 3.63) is 29.8 Å². The highest BCUT2D eigenvalue weighted by Gasteiger charge is 2.32. The van der Waals surface area contributed by atoms with Gasteiger partial charge in [0.25, 0.3) is 0 Å². The highest BCUT2D eigenvalue weighted by atomic mass is 32.2. The third-order valence-corrected chi connectivity index (χ3v) is 5.26. The van der Waals surface area contributed by atoms with E-state index in [1.54, 1.807) is 19.1 Å². The Morgan fingerprint density at radius 3 is 1.86 bits per heavy atom. The maximum Gasteiger partial charge on any atom is 0.241 e. The Morgan fingerprint density at radius 2 is 1.52 bits per heavy atom. The Hall–Kier alpha value is -0.950. The molecule has 3 N–H and O–H groups in total. The fraction of sp³-hybridized carbons (Fsp3) is 0.600. The van der Waals surface area contributed by atoms with E-state index < -0.39 is 28.8 Å². The zero-order valence-corrected chi connectivity index (χ0v) is 13.9. The van der Waals surface area contributed by atoms with Gasteiger partial charge in [-0.05, 0) is 29.5 Å². The predicted molar refractivity (Wildman–Crippen MR) is 82.7 cm³/mol. The second kappa shape index (κ2) is 6.44. The number of nitrogens with one attached hydrogen (secondary N) is 1. The van der Waals surface area contributed by atoms with Gasteiger partial charge in [0.2, 0.25) is 10.0 Å². The topological polar surface area (TPSA) is 86.6 Å². The zero-order chi connectivity index (χ0) is 16.3. The first kappa shape index (κ1) is 18.1. The van der Waals surface area contributed by atoms with Crippen molar-refractivity contribution in [1.29, 1.82) is 0 Å². The number of rotatable bonds is 6. The minimum atomic E-state index is -3.79. The molecule has 1 aromatic rings. The summed E-state index contributed by atoms with van der Waals surface area (Å²) in [6.45, 7) is 6.94. The molecule has 0 heterocycles. The van der Waals surface area contributed by atoms with Crippen molar-refractivity contribution in [1.82, 2.24) is 4.72 Å². The van der Waals surface area contributed by atoms with Crippen LogP contribution < -0.4 is 4.72 Å². The summed E-state index contributed by atoms with van der Waals surface area (Å²) in [4.78, 5) is 0.121. The molecule has 5 nitrogen and oxygen atoms in total. The van der Waals surface area contributed by atoms with Crippen molar-refractivity contribution in [2.45, 2.75) is 50.0 Å².